The van der Waals surface area contributed by atoms with Gasteiger partial charge in [0.2, 0.25) is 11.8 Å². The number of nitrogens with one attached hydrogen (secondary N) is 1. The number of hydrogen-bond donors (Lipinski definition) is 2. The largest absolute Gasteiger partial charge is 0.492 e. The summed E-state index contributed by atoms with van der Waals surface area (Å²) >= 11 is 0. The summed E-state index contributed by atoms with van der Waals surface area (Å²) in [6, 6.07) is -0.00621. The van der Waals surface area contributed by atoms with Gasteiger partial charge in [0.1, 0.15) is 5.65 Å². The first-order chi connectivity index (χ1) is 15.5. The Balaban J connectivity index is 1.78. The van der Waals surface area contributed by atoms with Gasteiger partial charge in [-0.25, -0.2) is 8.78 Å². The number of carbonyl (C=O) groups is 2. The number of fused-ring (bicyclic) bond motifs is 1. The SMILES string of the molecule is C/C(=C\c1cnn2c(O)c(C(=O)NC3CC3)c(=O)n(CC(C)C)c12)C(=O)N1CCC(F)(F)C1. The molecule has 0 aromatic carbocycles. The number of halogens is 2. The van der Waals surface area contributed by atoms with Crippen molar-refractivity contribution >= 4 is 23.5 Å². The molecule has 1 saturated heterocycles. The topological polar surface area (TPSA) is 109 Å². The molecule has 0 bridgehead atoms. The van der Waals surface area contributed by atoms with Crippen LogP contribution in [0.25, 0.3) is 11.7 Å². The summed E-state index contributed by atoms with van der Waals surface area (Å²) in [5, 5.41) is 17.6. The van der Waals surface area contributed by atoms with E-state index in [1.54, 1.807) is 0 Å². The van der Waals surface area contributed by atoms with Gasteiger partial charge in [0.05, 0.1) is 12.7 Å². The number of nitrogens with zero attached hydrogens (tertiary/aromatic N) is 4. The molecule has 9 nitrogen and oxygen atoms in total. The number of rotatable bonds is 6. The zero-order valence-corrected chi connectivity index (χ0v) is 18.8. The van der Waals surface area contributed by atoms with E-state index in [4.69, 9.17) is 0 Å². The lowest BCUT2D eigenvalue weighted by atomic mass is 10.1. The van der Waals surface area contributed by atoms with Crippen LogP contribution in [-0.2, 0) is 11.3 Å². The molecule has 4 rings (SSSR count). The molecule has 1 aliphatic heterocycles. The van der Waals surface area contributed by atoms with Gasteiger partial charge in [-0.15, -0.1) is 0 Å². The van der Waals surface area contributed by atoms with Crippen LogP contribution in [0.4, 0.5) is 8.78 Å². The fourth-order valence-corrected chi connectivity index (χ4v) is 3.99. The van der Waals surface area contributed by atoms with Crippen molar-refractivity contribution in [1.29, 1.82) is 0 Å². The van der Waals surface area contributed by atoms with E-state index in [2.05, 4.69) is 10.4 Å². The molecule has 11 heteroatoms. The molecule has 2 aliphatic rings. The minimum Gasteiger partial charge on any atom is -0.492 e. The Morgan fingerprint density at radius 3 is 2.64 bits per heavy atom. The molecule has 1 saturated carbocycles. The Bertz CT molecular complexity index is 1210. The summed E-state index contributed by atoms with van der Waals surface area (Å²) in [6.45, 7) is 4.87. The molecule has 0 spiro atoms. The van der Waals surface area contributed by atoms with E-state index in [-0.39, 0.29) is 48.3 Å². The minimum absolute atomic E-state index is 0.00621. The van der Waals surface area contributed by atoms with Gasteiger partial charge < -0.3 is 15.3 Å². The van der Waals surface area contributed by atoms with Crippen molar-refractivity contribution in [3.8, 4) is 5.88 Å². The standard InChI is InChI=1S/C22H27F2N5O4/c1-12(2)10-28-18-14(8-13(3)19(31)27-7-6-22(23,24)11-27)9-25-29(18)21(33)16(20(28)32)17(30)26-15-4-5-15/h8-9,12,15,33H,4-7,10-11H2,1-3H3,(H,26,30)/b13-8+. The highest BCUT2D eigenvalue weighted by Gasteiger charge is 2.40. The molecule has 2 aromatic heterocycles. The van der Waals surface area contributed by atoms with Crippen LogP contribution in [0, 0.1) is 5.92 Å². The van der Waals surface area contributed by atoms with Gasteiger partial charge in [0.25, 0.3) is 17.4 Å². The first-order valence-electron chi connectivity index (χ1n) is 11.0. The van der Waals surface area contributed by atoms with Crippen molar-refractivity contribution in [2.45, 2.75) is 58.5 Å². The third-order valence-electron chi connectivity index (χ3n) is 5.76. The monoisotopic (exact) mass is 463 g/mol. The van der Waals surface area contributed by atoms with Gasteiger partial charge in [0, 0.05) is 36.7 Å². The van der Waals surface area contributed by atoms with E-state index in [0.717, 1.165) is 22.3 Å². The first kappa shape index (κ1) is 22.9. The Kier molecular flexibility index (Phi) is 5.75. The lowest BCUT2D eigenvalue weighted by Gasteiger charge is -2.17. The predicted octanol–water partition coefficient (Wildman–Crippen LogP) is 2.02. The molecule has 0 atom stereocenters. The van der Waals surface area contributed by atoms with Crippen molar-refractivity contribution in [3.05, 3.63) is 33.3 Å². The summed E-state index contributed by atoms with van der Waals surface area (Å²) < 4.78 is 29.5. The number of aromatic nitrogens is 3. The molecule has 33 heavy (non-hydrogen) atoms. The van der Waals surface area contributed by atoms with Gasteiger partial charge in [-0.05, 0) is 31.8 Å². The van der Waals surface area contributed by atoms with Crippen LogP contribution < -0.4 is 10.9 Å². The van der Waals surface area contributed by atoms with Crippen LogP contribution in [0.1, 0.15) is 56.0 Å². The maximum absolute atomic E-state index is 13.5. The fraction of sp³-hybridized carbons (Fsp3) is 0.545. The lowest BCUT2D eigenvalue weighted by molar-refractivity contribution is -0.127. The quantitative estimate of drug-likeness (QED) is 0.637. The van der Waals surface area contributed by atoms with Crippen LogP contribution in [0.15, 0.2) is 16.6 Å². The molecule has 2 fully saturated rings. The Morgan fingerprint density at radius 1 is 1.36 bits per heavy atom. The van der Waals surface area contributed by atoms with E-state index in [1.807, 2.05) is 13.8 Å². The average molecular weight is 463 g/mol. The Labute approximate surface area is 188 Å². The highest BCUT2D eigenvalue weighted by molar-refractivity contribution is 5.99. The third-order valence-corrected chi connectivity index (χ3v) is 5.76. The van der Waals surface area contributed by atoms with Crippen LogP contribution in [0.3, 0.4) is 0 Å². The molecule has 1 aliphatic carbocycles. The van der Waals surface area contributed by atoms with Crippen LogP contribution >= 0.6 is 0 Å². The van der Waals surface area contributed by atoms with Crippen molar-refractivity contribution < 1.29 is 23.5 Å². The van der Waals surface area contributed by atoms with Crippen LogP contribution in [0.5, 0.6) is 5.88 Å². The molecule has 3 heterocycles. The highest BCUT2D eigenvalue weighted by Crippen LogP contribution is 2.29. The second-order valence-corrected chi connectivity index (χ2v) is 9.25. The van der Waals surface area contributed by atoms with Crippen molar-refractivity contribution in [2.75, 3.05) is 13.1 Å². The van der Waals surface area contributed by atoms with Gasteiger partial charge in [0.15, 0.2) is 5.56 Å². The van der Waals surface area contributed by atoms with E-state index in [9.17, 15) is 28.3 Å². The smallest absolute Gasteiger partial charge is 0.270 e. The lowest BCUT2D eigenvalue weighted by Crippen LogP contribution is -2.36. The zero-order chi connectivity index (χ0) is 24.1. The Hall–Kier alpha value is -3.24. The van der Waals surface area contributed by atoms with E-state index in [1.165, 1.54) is 23.8 Å². The van der Waals surface area contributed by atoms with Crippen molar-refractivity contribution in [2.24, 2.45) is 5.92 Å². The number of amides is 2. The summed E-state index contributed by atoms with van der Waals surface area (Å²) in [5.41, 5.74) is -0.283. The summed E-state index contributed by atoms with van der Waals surface area (Å²) in [7, 11) is 0. The third kappa shape index (κ3) is 4.49. The van der Waals surface area contributed by atoms with Gasteiger partial charge >= 0.3 is 0 Å². The summed E-state index contributed by atoms with van der Waals surface area (Å²) in [6.07, 6.45) is 4.09. The summed E-state index contributed by atoms with van der Waals surface area (Å²) in [4.78, 5) is 39.7. The second-order valence-electron chi connectivity index (χ2n) is 9.25. The second kappa shape index (κ2) is 8.27. The number of carbonyl (C=O) groups excluding carboxylic acids is 2. The first-order valence-corrected chi connectivity index (χ1v) is 11.0. The zero-order valence-electron chi connectivity index (χ0n) is 18.8. The molecular weight excluding hydrogens is 436 g/mol. The number of likely N-dealkylation sites (tertiary alicyclic amines) is 1. The van der Waals surface area contributed by atoms with Crippen LogP contribution in [0.2, 0.25) is 0 Å². The summed E-state index contributed by atoms with van der Waals surface area (Å²) in [5.74, 6) is -4.66. The van der Waals surface area contributed by atoms with E-state index in [0.29, 0.717) is 5.56 Å². The highest BCUT2D eigenvalue weighted by atomic mass is 19.3. The van der Waals surface area contributed by atoms with E-state index < -0.39 is 35.7 Å². The predicted molar refractivity (Wildman–Crippen MR) is 116 cm³/mol. The van der Waals surface area contributed by atoms with Crippen molar-refractivity contribution in [1.82, 2.24) is 24.4 Å². The van der Waals surface area contributed by atoms with E-state index >= 15 is 0 Å². The van der Waals surface area contributed by atoms with Gasteiger partial charge in [-0.1, -0.05) is 13.8 Å². The molecule has 2 amide bonds. The van der Waals surface area contributed by atoms with Crippen LogP contribution in [-0.4, -0.2) is 61.1 Å². The maximum Gasteiger partial charge on any atom is 0.270 e. The van der Waals surface area contributed by atoms with Gasteiger partial charge in [-0.3, -0.25) is 19.0 Å². The van der Waals surface area contributed by atoms with Crippen molar-refractivity contribution in [3.63, 3.8) is 0 Å². The number of hydrogen-bond acceptors (Lipinski definition) is 5. The molecule has 178 valence electrons. The molecular formula is C22H27F2N5O4. The molecule has 0 radical (unpaired) electrons. The average Bonchev–Trinajstić information content (AvgIpc) is 3.32. The Morgan fingerprint density at radius 2 is 2.06 bits per heavy atom. The molecule has 2 N–H and O–H groups in total. The maximum atomic E-state index is 13.5. The fourth-order valence-electron chi connectivity index (χ4n) is 3.99. The molecule has 0 unspecified atom stereocenters. The normalized spacial score (nSPS) is 18.4. The minimum atomic E-state index is -2.90. The van der Waals surface area contributed by atoms with Gasteiger partial charge in [-0.2, -0.15) is 9.61 Å². The number of aromatic hydroxyl groups is 1. The number of alkyl halides is 2. The molecule has 2 aromatic rings.